The minimum absolute atomic E-state index is 0.0355. The lowest BCUT2D eigenvalue weighted by Crippen LogP contribution is -2.58. The maximum absolute atomic E-state index is 13.8. The second kappa shape index (κ2) is 6.16. The van der Waals surface area contributed by atoms with E-state index in [0.717, 1.165) is 24.2 Å². The van der Waals surface area contributed by atoms with Crippen LogP contribution >= 0.6 is 0 Å². The van der Waals surface area contributed by atoms with E-state index in [0.29, 0.717) is 0 Å². The van der Waals surface area contributed by atoms with Gasteiger partial charge in [-0.2, -0.15) is 0 Å². The normalized spacial score (nSPS) is 31.4. The fraction of sp³-hybridized carbons (Fsp3) is 0.556. The number of aliphatic hydroxyl groups excluding tert-OH is 1. The van der Waals surface area contributed by atoms with E-state index in [2.05, 4.69) is 5.32 Å². The second-order valence-electron chi connectivity index (χ2n) is 6.99. The summed E-state index contributed by atoms with van der Waals surface area (Å²) in [6.45, 7) is 3.71. The lowest BCUT2D eigenvalue weighted by molar-refractivity contribution is -0.137. The summed E-state index contributed by atoms with van der Waals surface area (Å²) in [4.78, 5) is 26.4. The number of amides is 3. The number of halogens is 1. The Bertz CT molecular complexity index is 653. The van der Waals surface area contributed by atoms with Crippen molar-refractivity contribution >= 4 is 11.9 Å². The zero-order valence-corrected chi connectivity index (χ0v) is 14.0. The van der Waals surface area contributed by atoms with Crippen LogP contribution in [0.25, 0.3) is 0 Å². The molecule has 130 valence electrons. The lowest BCUT2D eigenvalue weighted by Gasteiger charge is -2.42. The van der Waals surface area contributed by atoms with Crippen LogP contribution in [0, 0.1) is 17.7 Å². The summed E-state index contributed by atoms with van der Waals surface area (Å²) in [5.74, 6) is -0.782. The van der Waals surface area contributed by atoms with Gasteiger partial charge in [0.05, 0.1) is 12.6 Å². The van der Waals surface area contributed by atoms with E-state index in [9.17, 15) is 19.1 Å². The highest BCUT2D eigenvalue weighted by Crippen LogP contribution is 2.42. The van der Waals surface area contributed by atoms with Crippen molar-refractivity contribution in [3.05, 3.63) is 35.6 Å². The van der Waals surface area contributed by atoms with Crippen LogP contribution in [0.5, 0.6) is 0 Å². The molecule has 1 aliphatic carbocycles. The minimum atomic E-state index is -1.25. The Morgan fingerprint density at radius 1 is 1.29 bits per heavy atom. The van der Waals surface area contributed by atoms with Gasteiger partial charge < -0.3 is 10.4 Å². The number of nitrogens with zero attached hydrogens (tertiary/aromatic N) is 1. The van der Waals surface area contributed by atoms with Gasteiger partial charge in [-0.25, -0.2) is 9.18 Å². The maximum atomic E-state index is 13.8. The summed E-state index contributed by atoms with van der Waals surface area (Å²) in [6.07, 6.45) is 1.54. The van der Waals surface area contributed by atoms with E-state index >= 15 is 0 Å². The molecular weight excluding hydrogens is 311 g/mol. The Kier molecular flexibility index (Phi) is 4.34. The van der Waals surface area contributed by atoms with Gasteiger partial charge in [-0.3, -0.25) is 9.69 Å². The summed E-state index contributed by atoms with van der Waals surface area (Å²) in [6, 6.07) is 5.34. The van der Waals surface area contributed by atoms with E-state index in [1.807, 2.05) is 13.8 Å². The third-order valence-electron chi connectivity index (χ3n) is 5.61. The molecule has 1 saturated carbocycles. The van der Waals surface area contributed by atoms with E-state index in [-0.39, 0.29) is 29.9 Å². The number of aliphatic hydroxyl groups is 1. The Morgan fingerprint density at radius 3 is 2.54 bits per heavy atom. The number of rotatable bonds is 3. The van der Waals surface area contributed by atoms with Crippen molar-refractivity contribution in [1.82, 2.24) is 10.2 Å². The van der Waals surface area contributed by atoms with Gasteiger partial charge in [0.15, 0.2) is 0 Å². The molecular formula is C18H23FN2O3. The second-order valence-corrected chi connectivity index (χ2v) is 6.99. The molecule has 1 spiro atoms. The van der Waals surface area contributed by atoms with Crippen molar-refractivity contribution in [2.75, 3.05) is 6.54 Å². The fourth-order valence-electron chi connectivity index (χ4n) is 4.14. The van der Waals surface area contributed by atoms with Crippen molar-refractivity contribution < 1.29 is 19.1 Å². The number of hydrogen-bond donors (Lipinski definition) is 2. The van der Waals surface area contributed by atoms with Crippen LogP contribution in [0.4, 0.5) is 9.18 Å². The Balaban J connectivity index is 1.84. The average Bonchev–Trinajstić information content (AvgIpc) is 2.79. The predicted octanol–water partition coefficient (Wildman–Crippen LogP) is 2.61. The molecule has 1 heterocycles. The molecule has 5 nitrogen and oxygen atoms in total. The van der Waals surface area contributed by atoms with Gasteiger partial charge in [0.2, 0.25) is 0 Å². The quantitative estimate of drug-likeness (QED) is 0.835. The van der Waals surface area contributed by atoms with Crippen LogP contribution in [-0.4, -0.2) is 34.0 Å². The van der Waals surface area contributed by atoms with Crippen LogP contribution in [-0.2, 0) is 4.79 Å². The third kappa shape index (κ3) is 2.49. The number of β-amino-alcohol motifs (C(OH)–C–C–N with tert-alkyl or cyclic N) is 1. The first-order valence-corrected chi connectivity index (χ1v) is 8.44. The van der Waals surface area contributed by atoms with Crippen molar-refractivity contribution in [3.63, 3.8) is 0 Å². The van der Waals surface area contributed by atoms with Crippen molar-refractivity contribution in [3.8, 4) is 0 Å². The first-order valence-electron chi connectivity index (χ1n) is 8.44. The van der Waals surface area contributed by atoms with Gasteiger partial charge in [-0.15, -0.1) is 0 Å². The molecule has 1 unspecified atom stereocenters. The standard InChI is InChI=1S/C18H23FN2O3/c1-11-6-5-7-12(2)18(11)16(23)21(17(24)20-18)10-15(22)13-8-3-4-9-14(13)19/h3-4,8-9,11-12,15,22H,5-7,10H2,1-2H3,(H,20,24)/t11-,12+,15-,18?/m0/s1. The minimum Gasteiger partial charge on any atom is -0.386 e. The van der Waals surface area contributed by atoms with Crippen LogP contribution in [0.1, 0.15) is 44.8 Å². The maximum Gasteiger partial charge on any atom is 0.325 e. The molecule has 1 saturated heterocycles. The number of imide groups is 1. The molecule has 24 heavy (non-hydrogen) atoms. The van der Waals surface area contributed by atoms with Crippen LogP contribution in [0.3, 0.4) is 0 Å². The number of carbonyl (C=O) groups excluding carboxylic acids is 2. The van der Waals surface area contributed by atoms with Crippen molar-refractivity contribution in [2.45, 2.75) is 44.8 Å². The summed E-state index contributed by atoms with van der Waals surface area (Å²) >= 11 is 0. The Morgan fingerprint density at radius 2 is 1.92 bits per heavy atom. The summed E-state index contributed by atoms with van der Waals surface area (Å²) in [7, 11) is 0. The number of hydrogen-bond acceptors (Lipinski definition) is 3. The Labute approximate surface area is 140 Å². The SMILES string of the molecule is C[C@@H]1CCC[C@H](C)C12NC(=O)N(C[C@H](O)c1ccccc1F)C2=O. The summed E-state index contributed by atoms with van der Waals surface area (Å²) in [5.41, 5.74) is -0.812. The fourth-order valence-corrected chi connectivity index (χ4v) is 4.14. The molecule has 4 atom stereocenters. The predicted molar refractivity (Wildman–Crippen MR) is 86.5 cm³/mol. The largest absolute Gasteiger partial charge is 0.386 e. The summed E-state index contributed by atoms with van der Waals surface area (Å²) in [5, 5.41) is 13.2. The molecule has 6 heteroatoms. The van der Waals surface area contributed by atoms with Crippen LogP contribution in [0.15, 0.2) is 24.3 Å². The first kappa shape index (κ1) is 16.9. The van der Waals surface area contributed by atoms with E-state index in [4.69, 9.17) is 0 Å². The smallest absolute Gasteiger partial charge is 0.325 e. The highest BCUT2D eigenvalue weighted by Gasteiger charge is 2.58. The van der Waals surface area contributed by atoms with E-state index in [1.165, 1.54) is 18.2 Å². The Hall–Kier alpha value is -1.95. The van der Waals surface area contributed by atoms with E-state index in [1.54, 1.807) is 6.07 Å². The highest BCUT2D eigenvalue weighted by atomic mass is 19.1. The molecule has 3 rings (SSSR count). The lowest BCUT2D eigenvalue weighted by atomic mass is 9.67. The van der Waals surface area contributed by atoms with Crippen LogP contribution < -0.4 is 5.32 Å². The van der Waals surface area contributed by atoms with Gasteiger partial charge in [-0.1, -0.05) is 38.5 Å². The molecule has 0 bridgehead atoms. The van der Waals surface area contributed by atoms with Gasteiger partial charge in [0, 0.05) is 5.56 Å². The number of benzene rings is 1. The highest BCUT2D eigenvalue weighted by molar-refractivity contribution is 6.07. The van der Waals surface area contributed by atoms with Crippen LogP contribution in [0.2, 0.25) is 0 Å². The van der Waals surface area contributed by atoms with Crippen molar-refractivity contribution in [1.29, 1.82) is 0 Å². The monoisotopic (exact) mass is 334 g/mol. The molecule has 1 aliphatic heterocycles. The number of urea groups is 1. The van der Waals surface area contributed by atoms with Gasteiger partial charge in [0.1, 0.15) is 11.4 Å². The number of carbonyl (C=O) groups is 2. The van der Waals surface area contributed by atoms with Gasteiger partial charge in [-0.05, 0) is 30.7 Å². The molecule has 2 fully saturated rings. The zero-order chi connectivity index (χ0) is 17.5. The zero-order valence-electron chi connectivity index (χ0n) is 14.0. The van der Waals surface area contributed by atoms with Gasteiger partial charge >= 0.3 is 6.03 Å². The number of nitrogens with one attached hydrogen (secondary N) is 1. The molecule has 2 N–H and O–H groups in total. The van der Waals surface area contributed by atoms with Crippen molar-refractivity contribution in [2.24, 2.45) is 11.8 Å². The molecule has 2 aliphatic rings. The third-order valence-corrected chi connectivity index (χ3v) is 5.61. The summed E-state index contributed by atoms with van der Waals surface area (Å²) < 4.78 is 13.8. The molecule has 0 aromatic heterocycles. The van der Waals surface area contributed by atoms with E-state index < -0.39 is 23.5 Å². The molecule has 1 aromatic rings. The molecule has 1 aromatic carbocycles. The topological polar surface area (TPSA) is 69.6 Å². The van der Waals surface area contributed by atoms with Gasteiger partial charge in [0.25, 0.3) is 5.91 Å². The first-order chi connectivity index (χ1) is 11.4. The molecule has 3 amide bonds. The average molecular weight is 334 g/mol. The molecule has 0 radical (unpaired) electrons.